The van der Waals surface area contributed by atoms with E-state index in [0.29, 0.717) is 16.1 Å². The summed E-state index contributed by atoms with van der Waals surface area (Å²) in [6.45, 7) is 3.96. The monoisotopic (exact) mass is 457 g/mol. The van der Waals surface area contributed by atoms with Crippen LogP contribution in [0, 0.1) is 0 Å². The minimum absolute atomic E-state index is 0.144. The summed E-state index contributed by atoms with van der Waals surface area (Å²) in [6, 6.07) is 6.21. The third kappa shape index (κ3) is 5.38. The Labute approximate surface area is 188 Å². The lowest BCUT2D eigenvalue weighted by atomic mass is 10.2. The van der Waals surface area contributed by atoms with Crippen LogP contribution in [0.1, 0.15) is 47.4 Å². The maximum Gasteiger partial charge on any atom is 0.339 e. The van der Waals surface area contributed by atoms with Crippen molar-refractivity contribution < 1.29 is 23.9 Å². The molecule has 0 aliphatic carbocycles. The molecule has 0 atom stereocenters. The Bertz CT molecular complexity index is 1180. The molecule has 2 heterocycles. The predicted octanol–water partition coefficient (Wildman–Crippen LogP) is 3.23. The number of nitrogens with one attached hydrogen (secondary N) is 1. The molecule has 0 spiro atoms. The molecule has 0 fully saturated rings. The predicted molar refractivity (Wildman–Crippen MR) is 120 cm³/mol. The second kappa shape index (κ2) is 10.7. The quantitative estimate of drug-likeness (QED) is 0.387. The van der Waals surface area contributed by atoms with Gasteiger partial charge in [0.2, 0.25) is 5.91 Å². The fourth-order valence-corrected chi connectivity index (χ4v) is 3.74. The van der Waals surface area contributed by atoms with E-state index in [4.69, 9.17) is 9.47 Å². The van der Waals surface area contributed by atoms with Gasteiger partial charge in [-0.15, -0.1) is 11.3 Å². The lowest BCUT2D eigenvalue weighted by Crippen LogP contribution is -2.28. The first-order chi connectivity index (χ1) is 15.4. The van der Waals surface area contributed by atoms with Crippen LogP contribution in [0.15, 0.2) is 40.8 Å². The number of amides is 1. The lowest BCUT2D eigenvalue weighted by molar-refractivity contribution is -0.116. The smallest absolute Gasteiger partial charge is 0.339 e. The second-order valence-electron chi connectivity index (χ2n) is 6.84. The molecule has 3 rings (SSSR count). The summed E-state index contributed by atoms with van der Waals surface area (Å²) in [6.07, 6.45) is 2.89. The number of aromatic nitrogens is 2. The van der Waals surface area contributed by atoms with E-state index in [9.17, 15) is 19.2 Å². The Hall–Kier alpha value is -3.53. The number of anilines is 1. The average Bonchev–Trinajstić information content (AvgIpc) is 3.21. The second-order valence-corrected chi connectivity index (χ2v) is 7.70. The number of nitrogens with zero attached hydrogens (tertiary/aromatic N) is 2. The van der Waals surface area contributed by atoms with Crippen molar-refractivity contribution >= 4 is 45.1 Å². The molecule has 1 N–H and O–H groups in total. The first-order valence-corrected chi connectivity index (χ1v) is 11.0. The zero-order chi connectivity index (χ0) is 23.1. The highest BCUT2D eigenvalue weighted by Gasteiger charge is 2.19. The Balaban J connectivity index is 1.73. The third-order valence-electron chi connectivity index (χ3n) is 4.51. The van der Waals surface area contributed by atoms with Crippen LogP contribution in [0.5, 0.6) is 0 Å². The van der Waals surface area contributed by atoms with Gasteiger partial charge in [0, 0.05) is 11.1 Å². The van der Waals surface area contributed by atoms with E-state index in [1.807, 2.05) is 6.92 Å². The van der Waals surface area contributed by atoms with Gasteiger partial charge in [0.05, 0.1) is 36.1 Å². The normalized spacial score (nSPS) is 10.7. The standard InChI is InChI=1S/C22H23N3O6S/c1-3-5-10-31-22(29)16-12-32-19-18(16)20(27)25(13-23-19)11-17(26)24-15-8-6-14(7-9-15)21(28)30-4-2/h6-9,12-13H,3-5,10-11H2,1-2H3,(H,24,26). The molecule has 0 saturated heterocycles. The highest BCUT2D eigenvalue weighted by atomic mass is 32.1. The first-order valence-electron chi connectivity index (χ1n) is 10.1. The number of thiophene rings is 1. The highest BCUT2D eigenvalue weighted by molar-refractivity contribution is 7.17. The van der Waals surface area contributed by atoms with Gasteiger partial charge >= 0.3 is 11.9 Å². The molecule has 9 nitrogen and oxygen atoms in total. The van der Waals surface area contributed by atoms with Crippen molar-refractivity contribution in [3.63, 3.8) is 0 Å². The molecule has 0 radical (unpaired) electrons. The van der Waals surface area contributed by atoms with Crippen LogP contribution >= 0.6 is 11.3 Å². The van der Waals surface area contributed by atoms with Crippen LogP contribution in [0.4, 0.5) is 5.69 Å². The summed E-state index contributed by atoms with van der Waals surface area (Å²) in [5.74, 6) is -1.48. The largest absolute Gasteiger partial charge is 0.462 e. The number of carbonyl (C=O) groups is 3. The minimum atomic E-state index is -0.576. The molecule has 0 bridgehead atoms. The van der Waals surface area contributed by atoms with Crippen molar-refractivity contribution in [3.8, 4) is 0 Å². The van der Waals surface area contributed by atoms with Crippen LogP contribution in [0.3, 0.4) is 0 Å². The zero-order valence-electron chi connectivity index (χ0n) is 17.8. The molecule has 10 heteroatoms. The molecule has 0 unspecified atom stereocenters. The summed E-state index contributed by atoms with van der Waals surface area (Å²) in [5, 5.41) is 4.35. The van der Waals surface area contributed by atoms with Crippen LogP contribution in [-0.4, -0.2) is 40.6 Å². The third-order valence-corrected chi connectivity index (χ3v) is 5.39. The van der Waals surface area contributed by atoms with Crippen molar-refractivity contribution in [2.24, 2.45) is 0 Å². The number of ether oxygens (including phenoxy) is 2. The molecule has 168 valence electrons. The van der Waals surface area contributed by atoms with Crippen molar-refractivity contribution in [2.45, 2.75) is 33.2 Å². The van der Waals surface area contributed by atoms with Gasteiger partial charge in [0.1, 0.15) is 11.4 Å². The van der Waals surface area contributed by atoms with Gasteiger partial charge in [-0.2, -0.15) is 0 Å². The molecule has 0 aliphatic heterocycles. The van der Waals surface area contributed by atoms with Gasteiger partial charge in [-0.25, -0.2) is 14.6 Å². The first kappa shape index (κ1) is 23.1. The highest BCUT2D eigenvalue weighted by Crippen LogP contribution is 2.21. The Morgan fingerprint density at radius 3 is 2.53 bits per heavy atom. The van der Waals surface area contributed by atoms with Gasteiger partial charge in [-0.05, 0) is 37.6 Å². The lowest BCUT2D eigenvalue weighted by Gasteiger charge is -2.08. The average molecular weight is 458 g/mol. The molecule has 2 aromatic heterocycles. The summed E-state index contributed by atoms with van der Waals surface area (Å²) in [5.41, 5.74) is 0.488. The van der Waals surface area contributed by atoms with E-state index in [0.717, 1.165) is 17.4 Å². The number of hydrogen-bond acceptors (Lipinski definition) is 8. The van der Waals surface area contributed by atoms with Crippen molar-refractivity contribution in [2.75, 3.05) is 18.5 Å². The minimum Gasteiger partial charge on any atom is -0.462 e. The maximum absolute atomic E-state index is 12.9. The summed E-state index contributed by atoms with van der Waals surface area (Å²) >= 11 is 1.17. The molecule has 0 saturated carbocycles. The van der Waals surface area contributed by atoms with Crippen molar-refractivity contribution in [3.05, 3.63) is 57.5 Å². The zero-order valence-corrected chi connectivity index (χ0v) is 18.6. The number of fused-ring (bicyclic) bond motifs is 1. The number of benzene rings is 1. The topological polar surface area (TPSA) is 117 Å². The Morgan fingerprint density at radius 1 is 1.09 bits per heavy atom. The fraction of sp³-hybridized carbons (Fsp3) is 0.318. The fourth-order valence-electron chi connectivity index (χ4n) is 2.88. The van der Waals surface area contributed by atoms with Gasteiger partial charge in [0.25, 0.3) is 5.56 Å². The van der Waals surface area contributed by atoms with Crippen LogP contribution in [0.2, 0.25) is 0 Å². The molecular weight excluding hydrogens is 434 g/mol. The van der Waals surface area contributed by atoms with Gasteiger partial charge in [-0.3, -0.25) is 14.2 Å². The van der Waals surface area contributed by atoms with Crippen LogP contribution in [0.25, 0.3) is 10.2 Å². The van der Waals surface area contributed by atoms with Gasteiger partial charge in [0.15, 0.2) is 0 Å². The SMILES string of the molecule is CCCCOC(=O)c1csc2ncn(CC(=O)Nc3ccc(C(=O)OCC)cc3)c(=O)c12. The molecule has 3 aromatic rings. The molecule has 1 amide bonds. The van der Waals surface area contributed by atoms with E-state index in [-0.39, 0.29) is 30.7 Å². The summed E-state index contributed by atoms with van der Waals surface area (Å²) in [4.78, 5) is 54.0. The van der Waals surface area contributed by atoms with E-state index in [1.54, 1.807) is 24.4 Å². The maximum atomic E-state index is 12.9. The van der Waals surface area contributed by atoms with E-state index < -0.39 is 23.4 Å². The number of unbranched alkanes of at least 4 members (excludes halogenated alkanes) is 1. The summed E-state index contributed by atoms with van der Waals surface area (Å²) < 4.78 is 11.3. The van der Waals surface area contributed by atoms with Gasteiger partial charge in [-0.1, -0.05) is 13.3 Å². The van der Waals surface area contributed by atoms with Crippen LogP contribution in [-0.2, 0) is 20.8 Å². The van der Waals surface area contributed by atoms with E-state index in [1.165, 1.54) is 29.8 Å². The number of rotatable bonds is 9. The molecule has 32 heavy (non-hydrogen) atoms. The molecule has 0 aliphatic rings. The van der Waals surface area contributed by atoms with Gasteiger partial charge < -0.3 is 14.8 Å². The van der Waals surface area contributed by atoms with E-state index in [2.05, 4.69) is 10.3 Å². The number of hydrogen-bond donors (Lipinski definition) is 1. The Kier molecular flexibility index (Phi) is 7.72. The van der Waals surface area contributed by atoms with Crippen molar-refractivity contribution in [1.82, 2.24) is 9.55 Å². The summed E-state index contributed by atoms with van der Waals surface area (Å²) in [7, 11) is 0. The number of carbonyl (C=O) groups excluding carboxylic acids is 3. The molecule has 1 aromatic carbocycles. The van der Waals surface area contributed by atoms with Crippen molar-refractivity contribution in [1.29, 1.82) is 0 Å². The Morgan fingerprint density at radius 2 is 1.84 bits per heavy atom. The van der Waals surface area contributed by atoms with Crippen LogP contribution < -0.4 is 10.9 Å². The number of esters is 2. The molecular formula is C22H23N3O6S. The van der Waals surface area contributed by atoms with E-state index >= 15 is 0 Å².